The van der Waals surface area contributed by atoms with Crippen LogP contribution in [-0.4, -0.2) is 43.0 Å². The normalized spacial score (nSPS) is 20.9. The van der Waals surface area contributed by atoms with Crippen molar-refractivity contribution in [1.29, 1.82) is 0 Å². The molecule has 8 heteroatoms. The molecule has 1 fully saturated rings. The van der Waals surface area contributed by atoms with E-state index in [-0.39, 0.29) is 17.8 Å². The van der Waals surface area contributed by atoms with E-state index in [9.17, 15) is 18.5 Å². The lowest BCUT2D eigenvalue weighted by Crippen LogP contribution is -2.41. The minimum absolute atomic E-state index is 0.0452. The number of nitrogens with zero attached hydrogens (tertiary/aromatic N) is 2. The Balaban J connectivity index is 1.99. The Morgan fingerprint density at radius 3 is 2.86 bits per heavy atom. The molecule has 1 N–H and O–H groups in total. The highest BCUT2D eigenvalue weighted by Gasteiger charge is 2.31. The van der Waals surface area contributed by atoms with Crippen LogP contribution in [0.4, 0.5) is 5.69 Å². The van der Waals surface area contributed by atoms with Gasteiger partial charge in [-0.15, -0.1) is 0 Å². The van der Waals surface area contributed by atoms with Crippen LogP contribution in [0.5, 0.6) is 0 Å². The summed E-state index contributed by atoms with van der Waals surface area (Å²) in [5.74, 6) is 0. The molecule has 1 aliphatic rings. The van der Waals surface area contributed by atoms with Gasteiger partial charge < -0.3 is 5.32 Å². The molecular weight excluding hydrogens is 306 g/mol. The summed E-state index contributed by atoms with van der Waals surface area (Å²) in [5.41, 5.74) is 0.878. The molecular formula is C14H21N3O4S. The molecule has 2 atom stereocenters. The van der Waals surface area contributed by atoms with Gasteiger partial charge in [0, 0.05) is 37.3 Å². The number of nitro groups is 1. The maximum absolute atomic E-state index is 11.7. The Hall–Kier alpha value is -1.51. The van der Waals surface area contributed by atoms with E-state index in [2.05, 4.69) is 5.32 Å². The molecule has 1 saturated heterocycles. The summed E-state index contributed by atoms with van der Waals surface area (Å²) in [5, 5.41) is 14.1. The van der Waals surface area contributed by atoms with Crippen LogP contribution in [0.1, 0.15) is 31.4 Å². The van der Waals surface area contributed by atoms with Crippen molar-refractivity contribution in [2.24, 2.45) is 0 Å². The van der Waals surface area contributed by atoms with E-state index in [0.29, 0.717) is 13.1 Å². The van der Waals surface area contributed by atoms with Gasteiger partial charge in [0.25, 0.3) is 5.69 Å². The number of hydrogen-bond acceptors (Lipinski definition) is 5. The molecule has 0 spiro atoms. The van der Waals surface area contributed by atoms with E-state index in [0.717, 1.165) is 18.4 Å². The van der Waals surface area contributed by atoms with Crippen molar-refractivity contribution in [3.63, 3.8) is 0 Å². The molecule has 122 valence electrons. The molecule has 0 unspecified atom stereocenters. The van der Waals surface area contributed by atoms with Gasteiger partial charge in [0.1, 0.15) is 0 Å². The van der Waals surface area contributed by atoms with E-state index < -0.39 is 14.9 Å². The first-order valence-electron chi connectivity index (χ1n) is 7.23. The fraction of sp³-hybridized carbons (Fsp3) is 0.571. The van der Waals surface area contributed by atoms with Crippen molar-refractivity contribution in [1.82, 2.24) is 9.62 Å². The fourth-order valence-electron chi connectivity index (χ4n) is 2.79. The first-order valence-corrected chi connectivity index (χ1v) is 9.08. The molecule has 1 heterocycles. The maximum Gasteiger partial charge on any atom is 0.269 e. The van der Waals surface area contributed by atoms with Crippen LogP contribution in [0, 0.1) is 10.1 Å². The molecule has 0 amide bonds. The lowest BCUT2D eigenvalue weighted by atomic mass is 10.1. The lowest BCUT2D eigenvalue weighted by molar-refractivity contribution is -0.384. The number of rotatable bonds is 6. The quantitative estimate of drug-likeness (QED) is 0.634. The molecule has 0 bridgehead atoms. The predicted molar refractivity (Wildman–Crippen MR) is 84.1 cm³/mol. The zero-order valence-electron chi connectivity index (χ0n) is 12.7. The second-order valence-electron chi connectivity index (χ2n) is 5.65. The van der Waals surface area contributed by atoms with Gasteiger partial charge in [0.05, 0.1) is 11.2 Å². The predicted octanol–water partition coefficient (Wildman–Crippen LogP) is 1.67. The average molecular weight is 327 g/mol. The van der Waals surface area contributed by atoms with Crippen LogP contribution in [0.25, 0.3) is 0 Å². The standard InChI is InChI=1S/C14H21N3O4S/c1-11(12-5-3-6-13(9-12)17(18)19)15-10-14-7-4-8-16(14)22(2,20)21/h3,5-6,9,11,14-15H,4,7-8,10H2,1-2H3/t11-,14+/m0/s1. The number of sulfonamides is 1. The monoisotopic (exact) mass is 327 g/mol. The third-order valence-corrected chi connectivity index (χ3v) is 5.32. The fourth-order valence-corrected chi connectivity index (χ4v) is 3.97. The van der Waals surface area contributed by atoms with E-state index in [1.54, 1.807) is 12.1 Å². The van der Waals surface area contributed by atoms with Crippen molar-refractivity contribution in [3.8, 4) is 0 Å². The molecule has 7 nitrogen and oxygen atoms in total. The largest absolute Gasteiger partial charge is 0.309 e. The second kappa shape index (κ2) is 6.72. The SMILES string of the molecule is C[C@H](NC[C@H]1CCCN1S(C)(=O)=O)c1cccc([N+](=O)[O-])c1. The number of hydrogen-bond donors (Lipinski definition) is 1. The molecule has 1 aromatic rings. The zero-order chi connectivity index (χ0) is 16.3. The zero-order valence-corrected chi connectivity index (χ0v) is 13.5. The highest BCUT2D eigenvalue weighted by atomic mass is 32.2. The van der Waals surface area contributed by atoms with Crippen LogP contribution in [-0.2, 0) is 10.0 Å². The third kappa shape index (κ3) is 4.02. The van der Waals surface area contributed by atoms with Crippen LogP contribution in [0.2, 0.25) is 0 Å². The maximum atomic E-state index is 11.7. The van der Waals surface area contributed by atoms with Gasteiger partial charge in [-0.05, 0) is 25.3 Å². The Bertz CT molecular complexity index is 647. The molecule has 0 radical (unpaired) electrons. The topological polar surface area (TPSA) is 92.6 Å². The Morgan fingerprint density at radius 2 is 2.23 bits per heavy atom. The summed E-state index contributed by atoms with van der Waals surface area (Å²) in [7, 11) is -3.18. The van der Waals surface area contributed by atoms with Gasteiger partial charge in [-0.25, -0.2) is 8.42 Å². The molecule has 0 aliphatic carbocycles. The van der Waals surface area contributed by atoms with E-state index >= 15 is 0 Å². The summed E-state index contributed by atoms with van der Waals surface area (Å²) >= 11 is 0. The molecule has 0 saturated carbocycles. The van der Waals surface area contributed by atoms with Crippen LogP contribution < -0.4 is 5.32 Å². The minimum atomic E-state index is -3.18. The molecule has 1 aliphatic heterocycles. The first-order chi connectivity index (χ1) is 10.3. The minimum Gasteiger partial charge on any atom is -0.309 e. The number of benzene rings is 1. The smallest absolute Gasteiger partial charge is 0.269 e. The Morgan fingerprint density at radius 1 is 1.50 bits per heavy atom. The van der Waals surface area contributed by atoms with Crippen molar-refractivity contribution >= 4 is 15.7 Å². The van der Waals surface area contributed by atoms with Crippen LogP contribution >= 0.6 is 0 Å². The van der Waals surface area contributed by atoms with Crippen molar-refractivity contribution in [2.75, 3.05) is 19.3 Å². The molecule has 1 aromatic carbocycles. The van der Waals surface area contributed by atoms with Gasteiger partial charge >= 0.3 is 0 Å². The van der Waals surface area contributed by atoms with Crippen LogP contribution in [0.15, 0.2) is 24.3 Å². The van der Waals surface area contributed by atoms with Crippen molar-refractivity contribution < 1.29 is 13.3 Å². The van der Waals surface area contributed by atoms with E-state index in [1.165, 1.54) is 16.6 Å². The summed E-state index contributed by atoms with van der Waals surface area (Å²) in [6.45, 7) is 3.02. The van der Waals surface area contributed by atoms with Gasteiger partial charge in [0.15, 0.2) is 0 Å². The van der Waals surface area contributed by atoms with Gasteiger partial charge in [0.2, 0.25) is 10.0 Å². The van der Waals surface area contributed by atoms with E-state index in [1.807, 2.05) is 13.0 Å². The van der Waals surface area contributed by atoms with E-state index in [4.69, 9.17) is 0 Å². The summed E-state index contributed by atoms with van der Waals surface area (Å²) in [6.07, 6.45) is 2.93. The highest BCUT2D eigenvalue weighted by Crippen LogP contribution is 2.22. The molecule has 22 heavy (non-hydrogen) atoms. The Labute approximate surface area is 130 Å². The summed E-state index contributed by atoms with van der Waals surface area (Å²) in [6, 6.07) is 6.36. The molecule has 0 aromatic heterocycles. The van der Waals surface area contributed by atoms with Crippen LogP contribution in [0.3, 0.4) is 0 Å². The lowest BCUT2D eigenvalue weighted by Gasteiger charge is -2.24. The highest BCUT2D eigenvalue weighted by molar-refractivity contribution is 7.88. The van der Waals surface area contributed by atoms with Gasteiger partial charge in [-0.2, -0.15) is 4.31 Å². The number of non-ortho nitro benzene ring substituents is 1. The van der Waals surface area contributed by atoms with Gasteiger partial charge in [-0.1, -0.05) is 12.1 Å². The first kappa shape index (κ1) is 16.9. The number of nitrogens with one attached hydrogen (secondary N) is 1. The summed E-state index contributed by atoms with van der Waals surface area (Å²) < 4.78 is 24.9. The van der Waals surface area contributed by atoms with Crippen molar-refractivity contribution in [3.05, 3.63) is 39.9 Å². The van der Waals surface area contributed by atoms with Crippen molar-refractivity contribution in [2.45, 2.75) is 31.8 Å². The average Bonchev–Trinajstić information content (AvgIpc) is 2.93. The van der Waals surface area contributed by atoms with Gasteiger partial charge in [-0.3, -0.25) is 10.1 Å². The Kier molecular flexibility index (Phi) is 5.15. The number of nitro benzene ring substituents is 1. The third-order valence-electron chi connectivity index (χ3n) is 3.99. The molecule has 2 rings (SSSR count). The second-order valence-corrected chi connectivity index (χ2v) is 7.59. The summed E-state index contributed by atoms with van der Waals surface area (Å²) in [4.78, 5) is 10.4.